The zero-order chi connectivity index (χ0) is 23.9. The highest BCUT2D eigenvalue weighted by molar-refractivity contribution is 7.18. The fraction of sp³-hybridized carbons (Fsp3) is 0.259. The van der Waals surface area contributed by atoms with Gasteiger partial charge < -0.3 is 19.0 Å². The Balaban J connectivity index is 1.35. The van der Waals surface area contributed by atoms with E-state index in [1.54, 1.807) is 11.3 Å². The van der Waals surface area contributed by atoms with Crippen LogP contribution in [0.3, 0.4) is 0 Å². The Morgan fingerprint density at radius 3 is 2.50 bits per heavy atom. The first-order valence-electron chi connectivity index (χ1n) is 11.2. The molecule has 4 rings (SSSR count). The second-order valence-electron chi connectivity index (χ2n) is 7.76. The van der Waals surface area contributed by atoms with E-state index in [-0.39, 0.29) is 6.42 Å². The van der Waals surface area contributed by atoms with Crippen LogP contribution in [0.5, 0.6) is 5.75 Å². The normalized spacial score (nSPS) is 11.9. The van der Waals surface area contributed by atoms with Gasteiger partial charge in [0.15, 0.2) is 0 Å². The van der Waals surface area contributed by atoms with Gasteiger partial charge in [0.2, 0.25) is 5.89 Å². The number of carboxylic acids is 1. The Labute approximate surface area is 202 Å². The van der Waals surface area contributed by atoms with E-state index in [4.69, 9.17) is 24.0 Å². The van der Waals surface area contributed by atoms with Crippen LogP contribution < -0.4 is 4.74 Å². The number of oxazole rings is 1. The Morgan fingerprint density at radius 1 is 1.06 bits per heavy atom. The molecule has 1 N–H and O–H groups in total. The van der Waals surface area contributed by atoms with Crippen molar-refractivity contribution >= 4 is 17.3 Å². The summed E-state index contributed by atoms with van der Waals surface area (Å²) in [5.74, 6) is 1.24. The summed E-state index contributed by atoms with van der Waals surface area (Å²) in [6, 6.07) is 21.7. The molecule has 176 valence electrons. The second-order valence-corrected chi connectivity index (χ2v) is 8.84. The number of hydrogen-bond donors (Lipinski definition) is 1. The van der Waals surface area contributed by atoms with Gasteiger partial charge in [-0.2, -0.15) is 0 Å². The molecule has 1 atom stereocenters. The molecule has 2 heterocycles. The summed E-state index contributed by atoms with van der Waals surface area (Å²) in [6.45, 7) is 4.68. The topological polar surface area (TPSA) is 81.8 Å². The predicted octanol–water partition coefficient (Wildman–Crippen LogP) is 6.55. The van der Waals surface area contributed by atoms with Gasteiger partial charge in [0, 0.05) is 17.9 Å². The third-order valence-electron chi connectivity index (χ3n) is 5.36. The molecule has 0 fully saturated rings. The molecule has 0 aliphatic heterocycles. The fourth-order valence-corrected chi connectivity index (χ4v) is 4.59. The van der Waals surface area contributed by atoms with Gasteiger partial charge in [-0.3, -0.25) is 4.79 Å². The predicted molar refractivity (Wildman–Crippen MR) is 132 cm³/mol. The molecule has 0 aliphatic rings. The van der Waals surface area contributed by atoms with Gasteiger partial charge in [0.05, 0.1) is 29.7 Å². The minimum absolute atomic E-state index is 0.0705. The minimum Gasteiger partial charge on any atom is -0.493 e. The number of ether oxygens (including phenoxy) is 2. The fourth-order valence-electron chi connectivity index (χ4n) is 3.65. The number of thiophene rings is 1. The van der Waals surface area contributed by atoms with Crippen LogP contribution >= 0.6 is 11.3 Å². The molecule has 0 amide bonds. The van der Waals surface area contributed by atoms with Gasteiger partial charge in [0.25, 0.3) is 0 Å². The van der Waals surface area contributed by atoms with E-state index in [0.29, 0.717) is 31.3 Å². The molecule has 6 nitrogen and oxygen atoms in total. The first kappa shape index (κ1) is 23.7. The molecule has 0 bridgehead atoms. The summed E-state index contributed by atoms with van der Waals surface area (Å²) in [6.07, 6.45) is 0.0837. The van der Waals surface area contributed by atoms with Gasteiger partial charge in [-0.15, -0.1) is 11.3 Å². The quantitative estimate of drug-likeness (QED) is 0.264. The van der Waals surface area contributed by atoms with Crippen LogP contribution in [-0.4, -0.2) is 29.3 Å². The average Bonchev–Trinajstić information content (AvgIpc) is 3.47. The SMILES string of the molecule is CCOC(CC(=O)O)c1ccc(OCCc2nc(-c3ccc(-c4ccccc4)s3)oc2C)cc1. The van der Waals surface area contributed by atoms with E-state index >= 15 is 0 Å². The van der Waals surface area contributed by atoms with Crippen LogP contribution in [0, 0.1) is 6.92 Å². The van der Waals surface area contributed by atoms with E-state index in [1.807, 2.05) is 62.4 Å². The molecule has 1 unspecified atom stereocenters. The number of rotatable bonds is 11. The molecule has 0 saturated heterocycles. The second kappa shape index (κ2) is 11.1. The standard InChI is InChI=1S/C27H27NO5S/c1-3-31-23(17-26(29)30)19-9-11-21(12-10-19)32-16-15-22-18(2)33-27(28-22)25-14-13-24(34-25)20-7-5-4-6-8-20/h4-14,23H,3,15-17H2,1-2H3,(H,29,30). The summed E-state index contributed by atoms with van der Waals surface area (Å²) in [7, 11) is 0. The van der Waals surface area contributed by atoms with Crippen molar-refractivity contribution in [2.45, 2.75) is 32.8 Å². The van der Waals surface area contributed by atoms with E-state index in [1.165, 1.54) is 10.4 Å². The molecule has 0 spiro atoms. The lowest BCUT2D eigenvalue weighted by Crippen LogP contribution is -2.10. The molecule has 2 aromatic carbocycles. The molecular formula is C27H27NO5S. The van der Waals surface area contributed by atoms with Crippen molar-refractivity contribution in [2.75, 3.05) is 13.2 Å². The van der Waals surface area contributed by atoms with E-state index < -0.39 is 12.1 Å². The maximum absolute atomic E-state index is 11.1. The highest BCUT2D eigenvalue weighted by Crippen LogP contribution is 2.34. The van der Waals surface area contributed by atoms with Crippen molar-refractivity contribution in [3.63, 3.8) is 0 Å². The zero-order valence-corrected chi connectivity index (χ0v) is 20.0. The van der Waals surface area contributed by atoms with Crippen molar-refractivity contribution < 1.29 is 23.8 Å². The summed E-state index contributed by atoms with van der Waals surface area (Å²) in [4.78, 5) is 17.9. The average molecular weight is 478 g/mol. The molecule has 0 saturated carbocycles. The number of carbonyl (C=O) groups is 1. The van der Waals surface area contributed by atoms with Crippen LogP contribution in [0.4, 0.5) is 0 Å². The smallest absolute Gasteiger partial charge is 0.306 e. The van der Waals surface area contributed by atoms with Crippen molar-refractivity contribution in [3.05, 3.63) is 83.7 Å². The maximum Gasteiger partial charge on any atom is 0.306 e. The highest BCUT2D eigenvalue weighted by atomic mass is 32.1. The van der Waals surface area contributed by atoms with Gasteiger partial charge in [-0.25, -0.2) is 4.98 Å². The van der Waals surface area contributed by atoms with Crippen molar-refractivity contribution in [1.29, 1.82) is 0 Å². The monoisotopic (exact) mass is 477 g/mol. The van der Waals surface area contributed by atoms with Crippen molar-refractivity contribution in [2.24, 2.45) is 0 Å². The molecule has 0 aliphatic carbocycles. The number of hydrogen-bond acceptors (Lipinski definition) is 6. The molecular weight excluding hydrogens is 450 g/mol. The molecule has 4 aromatic rings. The van der Waals surface area contributed by atoms with Crippen LogP contribution in [0.2, 0.25) is 0 Å². The molecule has 7 heteroatoms. The van der Waals surface area contributed by atoms with Gasteiger partial charge in [-0.05, 0) is 49.2 Å². The zero-order valence-electron chi connectivity index (χ0n) is 19.2. The number of aromatic nitrogens is 1. The first-order chi connectivity index (χ1) is 16.5. The Hall–Kier alpha value is -3.42. The van der Waals surface area contributed by atoms with E-state index in [9.17, 15) is 4.79 Å². The van der Waals surface area contributed by atoms with Crippen molar-refractivity contribution in [1.82, 2.24) is 4.98 Å². The largest absolute Gasteiger partial charge is 0.493 e. The van der Waals surface area contributed by atoms with Crippen LogP contribution in [0.1, 0.15) is 36.5 Å². The third-order valence-corrected chi connectivity index (χ3v) is 6.48. The minimum atomic E-state index is -0.889. The number of benzene rings is 2. The Bertz CT molecular complexity index is 1210. The number of aliphatic carboxylic acids is 1. The van der Waals surface area contributed by atoms with Gasteiger partial charge >= 0.3 is 5.97 Å². The lowest BCUT2D eigenvalue weighted by molar-refractivity contribution is -0.140. The summed E-state index contributed by atoms with van der Waals surface area (Å²) < 4.78 is 17.4. The first-order valence-corrected chi connectivity index (χ1v) is 12.0. The van der Waals surface area contributed by atoms with Gasteiger partial charge in [-0.1, -0.05) is 42.5 Å². The molecule has 2 aromatic heterocycles. The van der Waals surface area contributed by atoms with Crippen LogP contribution in [0.15, 0.2) is 71.1 Å². The van der Waals surface area contributed by atoms with Crippen LogP contribution in [0.25, 0.3) is 21.2 Å². The number of nitrogens with zero attached hydrogens (tertiary/aromatic N) is 1. The lowest BCUT2D eigenvalue weighted by atomic mass is 10.1. The summed E-state index contributed by atoms with van der Waals surface area (Å²) >= 11 is 1.66. The van der Waals surface area contributed by atoms with Gasteiger partial charge in [0.1, 0.15) is 11.5 Å². The third kappa shape index (κ3) is 5.92. The summed E-state index contributed by atoms with van der Waals surface area (Å²) in [5.41, 5.74) is 2.87. The molecule has 34 heavy (non-hydrogen) atoms. The Kier molecular flexibility index (Phi) is 7.77. The van der Waals surface area contributed by atoms with E-state index in [0.717, 1.165) is 21.9 Å². The van der Waals surface area contributed by atoms with E-state index in [2.05, 4.69) is 18.2 Å². The molecule has 0 radical (unpaired) electrons. The Morgan fingerprint density at radius 2 is 1.79 bits per heavy atom. The van der Waals surface area contributed by atoms with Crippen LogP contribution in [-0.2, 0) is 16.0 Å². The maximum atomic E-state index is 11.1. The summed E-state index contributed by atoms with van der Waals surface area (Å²) in [5, 5.41) is 9.08. The highest BCUT2D eigenvalue weighted by Gasteiger charge is 2.16. The lowest BCUT2D eigenvalue weighted by Gasteiger charge is -2.16. The number of aryl methyl sites for hydroxylation is 1. The van der Waals surface area contributed by atoms with Crippen molar-refractivity contribution in [3.8, 4) is 27.0 Å². The number of carboxylic acid groups (broad SMARTS) is 1.